The molecule has 3 aliphatic rings. The Kier molecular flexibility index (Phi) is 4.19. The van der Waals surface area contributed by atoms with Crippen LogP contribution in [0.1, 0.15) is 29.8 Å². The van der Waals surface area contributed by atoms with Crippen LogP contribution in [-0.4, -0.2) is 46.8 Å². The van der Waals surface area contributed by atoms with Gasteiger partial charge in [-0.2, -0.15) is 0 Å². The predicted octanol–water partition coefficient (Wildman–Crippen LogP) is 3.47. The normalized spacial score (nSPS) is 23.2. The number of carbonyl (C=O) groups excluding carboxylic acids is 2. The van der Waals surface area contributed by atoms with Gasteiger partial charge in [-0.25, -0.2) is 27.9 Å². The first kappa shape index (κ1) is 18.8. The average molecular weight is 417 g/mol. The second kappa shape index (κ2) is 6.68. The lowest BCUT2D eigenvalue weighted by Crippen LogP contribution is -2.48. The SMILES string of the molecule is O=C(C[C@@H]1CC1(F)F)c1ccc2c(n1)N(C(=O)Nc1ccc(F)cn1)[C@H]1CCN2C1. The molecule has 2 amide bonds. The zero-order chi connectivity index (χ0) is 21.0. The van der Waals surface area contributed by atoms with Gasteiger partial charge in [-0.3, -0.25) is 15.0 Å². The van der Waals surface area contributed by atoms with Gasteiger partial charge in [-0.15, -0.1) is 0 Å². The monoisotopic (exact) mass is 417 g/mol. The van der Waals surface area contributed by atoms with Gasteiger partial charge in [0.1, 0.15) is 17.3 Å². The van der Waals surface area contributed by atoms with E-state index in [2.05, 4.69) is 20.2 Å². The Morgan fingerprint density at radius 2 is 2.03 bits per heavy atom. The maximum Gasteiger partial charge on any atom is 0.329 e. The van der Waals surface area contributed by atoms with Crippen LogP contribution in [0.5, 0.6) is 0 Å². The van der Waals surface area contributed by atoms with Gasteiger partial charge in [-0.1, -0.05) is 0 Å². The third-order valence-corrected chi connectivity index (χ3v) is 5.81. The molecule has 1 saturated heterocycles. The van der Waals surface area contributed by atoms with Gasteiger partial charge in [-0.05, 0) is 30.7 Å². The minimum atomic E-state index is -2.78. The van der Waals surface area contributed by atoms with Crippen molar-refractivity contribution in [3.8, 4) is 0 Å². The van der Waals surface area contributed by atoms with Gasteiger partial charge in [0.15, 0.2) is 11.6 Å². The van der Waals surface area contributed by atoms with Crippen molar-refractivity contribution < 1.29 is 22.8 Å². The Bertz CT molecular complexity index is 1030. The zero-order valence-electron chi connectivity index (χ0n) is 15.8. The molecule has 30 heavy (non-hydrogen) atoms. The Morgan fingerprint density at radius 1 is 1.23 bits per heavy atom. The molecule has 1 aliphatic carbocycles. The lowest BCUT2D eigenvalue weighted by molar-refractivity contribution is 0.0830. The van der Waals surface area contributed by atoms with Crippen LogP contribution in [-0.2, 0) is 0 Å². The number of amides is 2. The minimum Gasteiger partial charge on any atom is -0.366 e. The van der Waals surface area contributed by atoms with Crippen molar-refractivity contribution in [2.45, 2.75) is 31.2 Å². The van der Waals surface area contributed by atoms with Gasteiger partial charge in [0.2, 0.25) is 0 Å². The summed E-state index contributed by atoms with van der Waals surface area (Å²) in [6, 6.07) is 5.13. The fourth-order valence-electron chi connectivity index (χ4n) is 4.07. The van der Waals surface area contributed by atoms with E-state index in [1.807, 2.05) is 0 Å². The molecule has 5 rings (SSSR count). The molecular formula is C20H18F3N5O2. The highest BCUT2D eigenvalue weighted by Crippen LogP contribution is 2.51. The molecule has 0 unspecified atom stereocenters. The summed E-state index contributed by atoms with van der Waals surface area (Å²) in [7, 11) is 0. The van der Waals surface area contributed by atoms with Gasteiger partial charge >= 0.3 is 6.03 Å². The second-order valence-corrected chi connectivity index (χ2v) is 7.88. The van der Waals surface area contributed by atoms with Crippen molar-refractivity contribution >= 4 is 29.1 Å². The van der Waals surface area contributed by atoms with Crippen LogP contribution in [0.4, 0.5) is 35.3 Å². The van der Waals surface area contributed by atoms with Crippen LogP contribution in [0.25, 0.3) is 0 Å². The summed E-state index contributed by atoms with van der Waals surface area (Å²) in [5, 5.41) is 2.63. The molecule has 2 atom stereocenters. The number of fused-ring (bicyclic) bond motifs is 4. The lowest BCUT2D eigenvalue weighted by Gasteiger charge is -2.35. The highest BCUT2D eigenvalue weighted by atomic mass is 19.3. The molecule has 156 valence electrons. The van der Waals surface area contributed by atoms with E-state index in [9.17, 15) is 22.8 Å². The number of hydrogen-bond acceptors (Lipinski definition) is 5. The first-order chi connectivity index (χ1) is 14.3. The maximum atomic E-state index is 13.2. The van der Waals surface area contributed by atoms with Gasteiger partial charge < -0.3 is 4.90 Å². The topological polar surface area (TPSA) is 78.4 Å². The first-order valence-corrected chi connectivity index (χ1v) is 9.70. The molecule has 2 aromatic rings. The fraction of sp³-hybridized carbons (Fsp3) is 0.400. The molecule has 10 heteroatoms. The van der Waals surface area contributed by atoms with Crippen LogP contribution < -0.4 is 15.1 Å². The Labute approximate surface area is 169 Å². The minimum absolute atomic E-state index is 0.0663. The van der Waals surface area contributed by atoms with E-state index < -0.39 is 29.5 Å². The number of rotatable bonds is 4. The summed E-state index contributed by atoms with van der Waals surface area (Å²) in [6.07, 6.45) is 1.17. The molecule has 2 fully saturated rings. The number of nitrogens with one attached hydrogen (secondary N) is 1. The summed E-state index contributed by atoms with van der Waals surface area (Å²) in [4.78, 5) is 37.3. The largest absolute Gasteiger partial charge is 0.366 e. The summed E-state index contributed by atoms with van der Waals surface area (Å²) in [5.41, 5.74) is 0.774. The Morgan fingerprint density at radius 3 is 2.73 bits per heavy atom. The number of aromatic nitrogens is 2. The van der Waals surface area contributed by atoms with Gasteiger partial charge in [0.25, 0.3) is 5.92 Å². The average Bonchev–Trinajstić information content (AvgIpc) is 3.11. The summed E-state index contributed by atoms with van der Waals surface area (Å²) < 4.78 is 39.5. The molecule has 0 spiro atoms. The van der Waals surface area contributed by atoms with E-state index in [1.165, 1.54) is 23.1 Å². The molecule has 2 aliphatic heterocycles. The van der Waals surface area contributed by atoms with Crippen LogP contribution in [0.2, 0.25) is 0 Å². The Hall–Kier alpha value is -3.17. The molecular weight excluding hydrogens is 399 g/mol. The van der Waals surface area contributed by atoms with E-state index in [4.69, 9.17) is 0 Å². The summed E-state index contributed by atoms with van der Waals surface area (Å²) in [5.74, 6) is -4.19. The molecule has 0 radical (unpaired) electrons. The van der Waals surface area contributed by atoms with Crippen molar-refractivity contribution in [3.05, 3.63) is 42.0 Å². The van der Waals surface area contributed by atoms with Crippen molar-refractivity contribution in [1.82, 2.24) is 9.97 Å². The Balaban J connectivity index is 1.42. The number of alkyl halides is 2. The first-order valence-electron chi connectivity index (χ1n) is 9.70. The quantitative estimate of drug-likeness (QED) is 0.771. The van der Waals surface area contributed by atoms with Crippen molar-refractivity contribution in [3.63, 3.8) is 0 Å². The van der Waals surface area contributed by atoms with Crippen molar-refractivity contribution in [2.24, 2.45) is 5.92 Å². The van der Waals surface area contributed by atoms with E-state index >= 15 is 0 Å². The number of Topliss-reactive ketones (excluding diaryl/α,β-unsaturated/α-hetero) is 1. The number of hydrogen-bond donors (Lipinski definition) is 1. The van der Waals surface area contributed by atoms with Gasteiger partial charge in [0, 0.05) is 31.8 Å². The third kappa shape index (κ3) is 3.25. The number of pyridine rings is 2. The highest BCUT2D eigenvalue weighted by molar-refractivity contribution is 6.05. The lowest BCUT2D eigenvalue weighted by atomic mass is 10.1. The van der Waals surface area contributed by atoms with E-state index in [0.29, 0.717) is 18.1 Å². The number of urea groups is 1. The number of nitrogens with zero attached hydrogens (tertiary/aromatic N) is 4. The third-order valence-electron chi connectivity index (χ3n) is 5.81. The van der Waals surface area contributed by atoms with Crippen LogP contribution in [0.15, 0.2) is 30.5 Å². The highest BCUT2D eigenvalue weighted by Gasteiger charge is 2.57. The van der Waals surface area contributed by atoms with E-state index in [1.54, 1.807) is 6.07 Å². The zero-order valence-corrected chi connectivity index (χ0v) is 15.8. The molecule has 2 aromatic heterocycles. The standard InChI is InChI=1S/C20H18F3N5O2/c21-12-1-4-17(24-9-12)26-19(30)28-13-5-6-27(10-13)15-3-2-14(25-18(15)28)16(29)7-11-8-20(11,22)23/h1-4,9,11,13H,5-8,10H2,(H,24,26,30)/t11-,13+/m1/s1. The van der Waals surface area contributed by atoms with Crippen molar-refractivity contribution in [1.29, 1.82) is 0 Å². The smallest absolute Gasteiger partial charge is 0.329 e. The number of halogens is 3. The number of ketones is 1. The van der Waals surface area contributed by atoms with Crippen LogP contribution >= 0.6 is 0 Å². The molecule has 2 bridgehead atoms. The second-order valence-electron chi connectivity index (χ2n) is 7.88. The van der Waals surface area contributed by atoms with Crippen molar-refractivity contribution in [2.75, 3.05) is 28.2 Å². The maximum absolute atomic E-state index is 13.2. The summed E-state index contributed by atoms with van der Waals surface area (Å²) in [6.45, 7) is 1.36. The van der Waals surface area contributed by atoms with Crippen LogP contribution in [0, 0.1) is 11.7 Å². The van der Waals surface area contributed by atoms with Gasteiger partial charge in [0.05, 0.1) is 17.9 Å². The number of carbonyl (C=O) groups is 2. The molecule has 7 nitrogen and oxygen atoms in total. The van der Waals surface area contributed by atoms with E-state index in [0.717, 1.165) is 19.2 Å². The molecule has 1 saturated carbocycles. The van der Waals surface area contributed by atoms with E-state index in [-0.39, 0.29) is 30.4 Å². The molecule has 4 heterocycles. The number of anilines is 3. The fourth-order valence-corrected chi connectivity index (χ4v) is 4.07. The molecule has 0 aromatic carbocycles. The summed E-state index contributed by atoms with van der Waals surface area (Å²) >= 11 is 0. The predicted molar refractivity (Wildman–Crippen MR) is 103 cm³/mol. The van der Waals surface area contributed by atoms with Crippen LogP contribution in [0.3, 0.4) is 0 Å². The molecule has 1 N–H and O–H groups in total.